The van der Waals surface area contributed by atoms with E-state index in [0.29, 0.717) is 22.5 Å². The van der Waals surface area contributed by atoms with Gasteiger partial charge in [-0.05, 0) is 80.5 Å². The molecule has 1 aliphatic heterocycles. The Morgan fingerprint density at radius 1 is 1.06 bits per heavy atom. The van der Waals surface area contributed by atoms with Crippen molar-refractivity contribution in [2.24, 2.45) is 0 Å². The molecule has 1 fully saturated rings. The molecule has 0 aliphatic carbocycles. The molecule has 2 N–H and O–H groups in total. The average Bonchev–Trinajstić information content (AvgIpc) is 3.05. The molecule has 3 aromatic rings. The zero-order chi connectivity index (χ0) is 24.7. The summed E-state index contributed by atoms with van der Waals surface area (Å²) in [5.41, 5.74) is 3.23. The maximum atomic E-state index is 14.4. The first-order valence-corrected chi connectivity index (χ1v) is 10.7. The summed E-state index contributed by atoms with van der Waals surface area (Å²) in [6, 6.07) is 12.4. The lowest BCUT2D eigenvalue weighted by molar-refractivity contribution is -0.122. The van der Waals surface area contributed by atoms with Gasteiger partial charge in [-0.2, -0.15) is 0 Å². The first-order chi connectivity index (χ1) is 16.1. The second-order valence-electron chi connectivity index (χ2n) is 7.83. The van der Waals surface area contributed by atoms with Crippen LogP contribution in [0.15, 0.2) is 54.1 Å². The van der Waals surface area contributed by atoms with Gasteiger partial charge in [0.25, 0.3) is 11.8 Å². The zero-order valence-corrected chi connectivity index (χ0v) is 19.4. The van der Waals surface area contributed by atoms with Crippen molar-refractivity contribution in [3.05, 3.63) is 88.0 Å². The quantitative estimate of drug-likeness (QED) is 0.336. The third-order valence-corrected chi connectivity index (χ3v) is 6.03. The van der Waals surface area contributed by atoms with Crippen molar-refractivity contribution in [1.82, 2.24) is 9.88 Å². The summed E-state index contributed by atoms with van der Waals surface area (Å²) in [4.78, 5) is 38.4. The van der Waals surface area contributed by atoms with Gasteiger partial charge < -0.3 is 9.67 Å². The van der Waals surface area contributed by atoms with Gasteiger partial charge in [-0.3, -0.25) is 14.9 Å². The van der Waals surface area contributed by atoms with Crippen molar-refractivity contribution < 1.29 is 23.9 Å². The second kappa shape index (κ2) is 8.68. The number of aromatic carboxylic acids is 1. The highest BCUT2D eigenvalue weighted by molar-refractivity contribution is 7.80. The summed E-state index contributed by atoms with van der Waals surface area (Å²) < 4.78 is 16.2. The molecule has 1 saturated heterocycles. The van der Waals surface area contributed by atoms with Crippen LogP contribution in [-0.4, -0.2) is 32.6 Å². The number of benzene rings is 2. The number of carboxylic acids is 1. The van der Waals surface area contributed by atoms with Crippen LogP contribution in [0.1, 0.15) is 32.9 Å². The number of rotatable bonds is 4. The summed E-state index contributed by atoms with van der Waals surface area (Å²) in [7, 11) is 0. The van der Waals surface area contributed by atoms with E-state index in [2.05, 4.69) is 5.32 Å². The van der Waals surface area contributed by atoms with Crippen LogP contribution in [0.4, 0.5) is 10.1 Å². The van der Waals surface area contributed by atoms with Gasteiger partial charge in [0.2, 0.25) is 0 Å². The number of anilines is 1. The normalized spacial score (nSPS) is 15.1. The minimum Gasteiger partial charge on any atom is -0.478 e. The first-order valence-electron chi connectivity index (χ1n) is 10.3. The smallest absolute Gasteiger partial charge is 0.336 e. The SMILES string of the molecule is Cc1c(C(=O)O)cccc1-n1c(C)cc(C=C2C(=O)NC(=S)N(c3ccccc3F)C2=O)c1C. The Kier molecular flexibility index (Phi) is 5.89. The Hall–Kier alpha value is -4.11. The number of carbonyl (C=O) groups is 3. The molecule has 2 amide bonds. The van der Waals surface area contributed by atoms with Crippen LogP contribution in [0.25, 0.3) is 11.8 Å². The Morgan fingerprint density at radius 2 is 1.74 bits per heavy atom. The Balaban J connectivity index is 1.81. The van der Waals surface area contributed by atoms with Crippen LogP contribution in [0, 0.1) is 26.6 Å². The lowest BCUT2D eigenvalue weighted by atomic mass is 10.1. The summed E-state index contributed by atoms with van der Waals surface area (Å²) in [6.45, 7) is 5.36. The standard InChI is InChI=1S/C25H20FN3O4S/c1-13-11-16(15(3)28(13)20-10-6-7-17(14(20)2)24(32)33)12-18-22(30)27-25(34)29(23(18)31)21-9-5-4-8-19(21)26/h4-12H,1-3H3,(H,32,33)(H,27,30,34). The van der Waals surface area contributed by atoms with Gasteiger partial charge in [-0.15, -0.1) is 0 Å². The van der Waals surface area contributed by atoms with E-state index in [-0.39, 0.29) is 21.9 Å². The molecule has 1 aliphatic rings. The average molecular weight is 478 g/mol. The molecule has 172 valence electrons. The van der Waals surface area contributed by atoms with Crippen LogP contribution in [0.3, 0.4) is 0 Å². The highest BCUT2D eigenvalue weighted by Crippen LogP contribution is 2.29. The van der Waals surface area contributed by atoms with E-state index in [4.69, 9.17) is 12.2 Å². The summed E-state index contributed by atoms with van der Waals surface area (Å²) in [5, 5.41) is 11.7. The van der Waals surface area contributed by atoms with Crippen molar-refractivity contribution in [3.63, 3.8) is 0 Å². The third-order valence-electron chi connectivity index (χ3n) is 5.74. The minimum atomic E-state index is -1.03. The summed E-state index contributed by atoms with van der Waals surface area (Å²) in [6.07, 6.45) is 1.43. The number of aryl methyl sites for hydroxylation is 1. The monoisotopic (exact) mass is 477 g/mol. The van der Waals surface area contributed by atoms with Crippen LogP contribution < -0.4 is 10.2 Å². The molecule has 0 radical (unpaired) electrons. The topological polar surface area (TPSA) is 91.6 Å². The van der Waals surface area contributed by atoms with E-state index in [9.17, 15) is 23.9 Å². The van der Waals surface area contributed by atoms with Crippen molar-refractivity contribution in [2.45, 2.75) is 20.8 Å². The van der Waals surface area contributed by atoms with E-state index in [1.54, 1.807) is 38.1 Å². The molecule has 7 nitrogen and oxygen atoms in total. The number of hydrogen-bond donors (Lipinski definition) is 2. The van der Waals surface area contributed by atoms with E-state index in [1.165, 1.54) is 30.3 Å². The van der Waals surface area contributed by atoms with E-state index < -0.39 is 23.6 Å². The molecule has 2 aromatic carbocycles. The number of nitrogens with one attached hydrogen (secondary N) is 1. The number of thiocarbonyl (C=S) groups is 1. The lowest BCUT2D eigenvalue weighted by Gasteiger charge is -2.29. The van der Waals surface area contributed by atoms with Gasteiger partial charge in [0.05, 0.1) is 11.3 Å². The fraction of sp³-hybridized carbons (Fsp3) is 0.120. The number of para-hydroxylation sites is 1. The Bertz CT molecular complexity index is 1420. The summed E-state index contributed by atoms with van der Waals surface area (Å²) >= 11 is 5.13. The minimum absolute atomic E-state index is 0.0602. The third kappa shape index (κ3) is 3.80. The number of hydrogen-bond acceptors (Lipinski definition) is 4. The molecule has 0 saturated carbocycles. The molecule has 0 spiro atoms. The summed E-state index contributed by atoms with van der Waals surface area (Å²) in [5.74, 6) is -3.11. The van der Waals surface area contributed by atoms with Crippen LogP contribution in [-0.2, 0) is 9.59 Å². The number of halogens is 1. The molecule has 0 bridgehead atoms. The lowest BCUT2D eigenvalue weighted by Crippen LogP contribution is -2.54. The van der Waals surface area contributed by atoms with Gasteiger partial charge in [0.1, 0.15) is 11.4 Å². The fourth-order valence-electron chi connectivity index (χ4n) is 4.07. The molecule has 34 heavy (non-hydrogen) atoms. The van der Waals surface area contributed by atoms with Crippen molar-refractivity contribution in [3.8, 4) is 5.69 Å². The molecule has 9 heteroatoms. The molecular weight excluding hydrogens is 457 g/mol. The van der Waals surface area contributed by atoms with Gasteiger partial charge >= 0.3 is 5.97 Å². The van der Waals surface area contributed by atoms with Crippen LogP contribution >= 0.6 is 12.2 Å². The largest absolute Gasteiger partial charge is 0.478 e. The fourth-order valence-corrected chi connectivity index (χ4v) is 4.34. The predicted molar refractivity (Wildman–Crippen MR) is 130 cm³/mol. The highest BCUT2D eigenvalue weighted by Gasteiger charge is 2.36. The van der Waals surface area contributed by atoms with Crippen molar-refractivity contribution in [2.75, 3.05) is 4.90 Å². The van der Waals surface area contributed by atoms with Crippen molar-refractivity contribution >= 4 is 46.9 Å². The van der Waals surface area contributed by atoms with Crippen molar-refractivity contribution in [1.29, 1.82) is 0 Å². The molecule has 0 atom stereocenters. The number of amides is 2. The van der Waals surface area contributed by atoms with Gasteiger partial charge in [-0.1, -0.05) is 18.2 Å². The Labute approximate surface area is 200 Å². The molecule has 2 heterocycles. The van der Waals surface area contributed by atoms with Gasteiger partial charge in [0.15, 0.2) is 5.11 Å². The maximum absolute atomic E-state index is 14.4. The second-order valence-corrected chi connectivity index (χ2v) is 8.21. The van der Waals surface area contributed by atoms with Crippen LogP contribution in [0.2, 0.25) is 0 Å². The number of carboxylic acid groups (broad SMARTS) is 1. The Morgan fingerprint density at radius 3 is 2.41 bits per heavy atom. The predicted octanol–water partition coefficient (Wildman–Crippen LogP) is 4.07. The van der Waals surface area contributed by atoms with Gasteiger partial charge in [-0.25, -0.2) is 14.1 Å². The highest BCUT2D eigenvalue weighted by atomic mass is 32.1. The number of carbonyl (C=O) groups excluding carboxylic acids is 2. The molecular formula is C25H20FN3O4S. The molecule has 0 unspecified atom stereocenters. The number of aromatic nitrogens is 1. The van der Waals surface area contributed by atoms with Crippen LogP contribution in [0.5, 0.6) is 0 Å². The van der Waals surface area contributed by atoms with Gasteiger partial charge in [0, 0.05) is 17.1 Å². The van der Waals surface area contributed by atoms with E-state index in [1.807, 2.05) is 11.5 Å². The maximum Gasteiger partial charge on any atom is 0.336 e. The van der Waals surface area contributed by atoms with E-state index in [0.717, 1.165) is 10.6 Å². The molecule has 4 rings (SSSR count). The first kappa shape index (κ1) is 23.1. The zero-order valence-electron chi connectivity index (χ0n) is 18.5. The molecule has 1 aromatic heterocycles. The number of nitrogens with zero attached hydrogens (tertiary/aromatic N) is 2. The van der Waals surface area contributed by atoms with E-state index >= 15 is 0 Å².